The maximum Gasteiger partial charge on any atom is 0.262 e. The third kappa shape index (κ3) is 4.96. The lowest BCUT2D eigenvalue weighted by Crippen LogP contribution is -2.49. The standard InChI is InChI=1S/C29H33N7O2/c1-21(2)19-29(24-10-4-3-5-11-24)26(38)36(27(30)33-29)20-22-8-6-9-23(18-22)25(37)34-14-16-35(17-15-34)28-31-12-7-13-32-28/h3-13,18,21H,14-17,19-20H2,1-2H3,(H2,30,33). The van der Waals surface area contributed by atoms with Gasteiger partial charge >= 0.3 is 0 Å². The van der Waals surface area contributed by atoms with E-state index in [1.54, 1.807) is 18.5 Å². The Labute approximate surface area is 223 Å². The Morgan fingerprint density at radius 3 is 2.37 bits per heavy atom. The average Bonchev–Trinajstić information content (AvgIpc) is 3.18. The highest BCUT2D eigenvalue weighted by Gasteiger charge is 2.49. The minimum atomic E-state index is -1.03. The molecular weight excluding hydrogens is 478 g/mol. The topological polar surface area (TPSA) is 108 Å². The number of amides is 2. The number of aromatic nitrogens is 2. The minimum Gasteiger partial charge on any atom is -0.369 e. The Kier molecular flexibility index (Phi) is 7.09. The summed E-state index contributed by atoms with van der Waals surface area (Å²) in [6, 6.07) is 18.8. The van der Waals surface area contributed by atoms with Crippen molar-refractivity contribution in [3.63, 3.8) is 0 Å². The number of hydrogen-bond donors (Lipinski definition) is 1. The minimum absolute atomic E-state index is 0.0340. The van der Waals surface area contributed by atoms with E-state index in [0.717, 1.165) is 11.1 Å². The molecule has 3 aromatic rings. The highest BCUT2D eigenvalue weighted by atomic mass is 16.2. The van der Waals surface area contributed by atoms with Gasteiger partial charge in [0.2, 0.25) is 5.95 Å². The molecule has 0 saturated carbocycles. The third-order valence-electron chi connectivity index (χ3n) is 7.05. The van der Waals surface area contributed by atoms with E-state index < -0.39 is 5.54 Å². The molecule has 1 aromatic heterocycles. The van der Waals surface area contributed by atoms with E-state index in [2.05, 4.69) is 28.7 Å². The number of carbonyl (C=O) groups is 2. The molecule has 0 spiro atoms. The molecule has 2 aliphatic heterocycles. The molecular formula is C29H33N7O2. The van der Waals surface area contributed by atoms with Gasteiger partial charge in [-0.2, -0.15) is 0 Å². The van der Waals surface area contributed by atoms with Crippen LogP contribution in [-0.2, 0) is 16.9 Å². The Bertz CT molecular complexity index is 1320. The lowest BCUT2D eigenvalue weighted by Gasteiger charge is -2.34. The number of nitrogens with zero attached hydrogens (tertiary/aromatic N) is 6. The number of nitrogens with two attached hydrogens (primary N) is 1. The molecule has 2 aromatic carbocycles. The van der Waals surface area contributed by atoms with Crippen LogP contribution < -0.4 is 10.6 Å². The van der Waals surface area contributed by atoms with Crippen LogP contribution >= 0.6 is 0 Å². The molecule has 9 heteroatoms. The van der Waals surface area contributed by atoms with Crippen molar-refractivity contribution >= 4 is 23.7 Å². The van der Waals surface area contributed by atoms with Gasteiger partial charge in [0, 0.05) is 44.1 Å². The van der Waals surface area contributed by atoms with Crippen molar-refractivity contribution in [1.29, 1.82) is 0 Å². The van der Waals surface area contributed by atoms with Gasteiger partial charge in [-0.15, -0.1) is 0 Å². The Balaban J connectivity index is 1.30. The molecule has 1 unspecified atom stereocenters. The fraction of sp³-hybridized carbons (Fsp3) is 0.345. The van der Waals surface area contributed by atoms with E-state index >= 15 is 0 Å². The van der Waals surface area contributed by atoms with Gasteiger partial charge in [-0.3, -0.25) is 14.5 Å². The Morgan fingerprint density at radius 1 is 0.974 bits per heavy atom. The maximum absolute atomic E-state index is 13.8. The molecule has 0 aliphatic carbocycles. The van der Waals surface area contributed by atoms with Crippen LogP contribution in [0.4, 0.5) is 5.95 Å². The first-order valence-corrected chi connectivity index (χ1v) is 13.0. The fourth-order valence-electron chi connectivity index (χ4n) is 5.26. The zero-order valence-electron chi connectivity index (χ0n) is 21.8. The highest BCUT2D eigenvalue weighted by molar-refractivity contribution is 6.07. The molecule has 0 radical (unpaired) electrons. The molecule has 1 saturated heterocycles. The van der Waals surface area contributed by atoms with Crippen LogP contribution in [0.5, 0.6) is 0 Å². The summed E-state index contributed by atoms with van der Waals surface area (Å²) in [4.78, 5) is 46.0. The highest BCUT2D eigenvalue weighted by Crippen LogP contribution is 2.39. The summed E-state index contributed by atoms with van der Waals surface area (Å²) in [6.45, 7) is 6.91. The number of carbonyl (C=O) groups excluding carboxylic acids is 2. The fourth-order valence-corrected chi connectivity index (χ4v) is 5.26. The predicted octanol–water partition coefficient (Wildman–Crippen LogP) is 3.04. The molecule has 38 heavy (non-hydrogen) atoms. The lowest BCUT2D eigenvalue weighted by atomic mass is 9.82. The first kappa shape index (κ1) is 25.4. The number of hydrogen-bond acceptors (Lipinski definition) is 7. The van der Waals surface area contributed by atoms with E-state index in [4.69, 9.17) is 10.7 Å². The second kappa shape index (κ2) is 10.6. The van der Waals surface area contributed by atoms with E-state index in [0.29, 0.717) is 44.1 Å². The lowest BCUT2D eigenvalue weighted by molar-refractivity contribution is -0.132. The molecule has 1 atom stereocenters. The number of aliphatic imine (C=N–C) groups is 1. The van der Waals surface area contributed by atoms with Crippen LogP contribution in [0, 0.1) is 5.92 Å². The van der Waals surface area contributed by atoms with E-state index in [-0.39, 0.29) is 30.2 Å². The molecule has 1 fully saturated rings. The summed E-state index contributed by atoms with van der Waals surface area (Å²) < 4.78 is 0. The summed E-state index contributed by atoms with van der Waals surface area (Å²) in [5, 5.41) is 0. The molecule has 2 aliphatic rings. The van der Waals surface area contributed by atoms with Crippen LogP contribution in [0.15, 0.2) is 78.0 Å². The zero-order chi connectivity index (χ0) is 26.7. The number of rotatable bonds is 7. The summed E-state index contributed by atoms with van der Waals surface area (Å²) in [5.74, 6) is 0.959. The van der Waals surface area contributed by atoms with Crippen molar-refractivity contribution in [2.45, 2.75) is 32.4 Å². The monoisotopic (exact) mass is 511 g/mol. The third-order valence-corrected chi connectivity index (χ3v) is 7.05. The average molecular weight is 512 g/mol. The molecule has 196 valence electrons. The van der Waals surface area contributed by atoms with Crippen LogP contribution in [-0.4, -0.2) is 63.7 Å². The Morgan fingerprint density at radius 2 is 1.68 bits per heavy atom. The number of anilines is 1. The van der Waals surface area contributed by atoms with Gasteiger partial charge in [0.25, 0.3) is 11.8 Å². The number of guanidine groups is 1. The zero-order valence-corrected chi connectivity index (χ0v) is 21.8. The second-order valence-electron chi connectivity index (χ2n) is 10.2. The van der Waals surface area contributed by atoms with Crippen molar-refractivity contribution in [2.75, 3.05) is 31.1 Å². The summed E-state index contributed by atoms with van der Waals surface area (Å²) in [5.41, 5.74) is 7.57. The maximum atomic E-state index is 13.8. The first-order valence-electron chi connectivity index (χ1n) is 13.0. The Hall–Kier alpha value is -4.27. The SMILES string of the molecule is CC(C)CC1(c2ccccc2)N=C(N)N(Cc2cccc(C(=O)N3CCN(c4ncccn4)CC3)c2)C1=O. The van der Waals surface area contributed by atoms with E-state index in [9.17, 15) is 9.59 Å². The van der Waals surface area contributed by atoms with Gasteiger partial charge in [-0.1, -0.05) is 56.3 Å². The van der Waals surface area contributed by atoms with Gasteiger partial charge in [-0.05, 0) is 41.7 Å². The van der Waals surface area contributed by atoms with Gasteiger partial charge in [0.05, 0.1) is 6.54 Å². The quantitative estimate of drug-likeness (QED) is 0.522. The van der Waals surface area contributed by atoms with E-state index in [1.165, 1.54) is 4.90 Å². The van der Waals surface area contributed by atoms with Crippen LogP contribution in [0.25, 0.3) is 0 Å². The van der Waals surface area contributed by atoms with Crippen molar-refractivity contribution in [3.8, 4) is 0 Å². The number of benzene rings is 2. The molecule has 3 heterocycles. The molecule has 0 bridgehead atoms. The normalized spacial score (nSPS) is 19.7. The number of piperazine rings is 1. The molecule has 5 rings (SSSR count). The van der Waals surface area contributed by atoms with Crippen molar-refractivity contribution in [1.82, 2.24) is 19.8 Å². The molecule has 2 amide bonds. The van der Waals surface area contributed by atoms with Crippen LogP contribution in [0.1, 0.15) is 41.8 Å². The molecule has 9 nitrogen and oxygen atoms in total. The summed E-state index contributed by atoms with van der Waals surface area (Å²) in [6.07, 6.45) is 4.01. The van der Waals surface area contributed by atoms with Crippen molar-refractivity contribution in [3.05, 3.63) is 89.7 Å². The predicted molar refractivity (Wildman–Crippen MR) is 146 cm³/mol. The van der Waals surface area contributed by atoms with Gasteiger partial charge in [0.1, 0.15) is 0 Å². The second-order valence-corrected chi connectivity index (χ2v) is 10.2. The van der Waals surface area contributed by atoms with Crippen LogP contribution in [0.2, 0.25) is 0 Å². The van der Waals surface area contributed by atoms with E-state index in [1.807, 2.05) is 59.5 Å². The molecule has 2 N–H and O–H groups in total. The largest absolute Gasteiger partial charge is 0.369 e. The first-order chi connectivity index (χ1) is 18.4. The van der Waals surface area contributed by atoms with Gasteiger partial charge < -0.3 is 15.5 Å². The van der Waals surface area contributed by atoms with Crippen LogP contribution in [0.3, 0.4) is 0 Å². The van der Waals surface area contributed by atoms with Crippen molar-refractivity contribution in [2.24, 2.45) is 16.6 Å². The van der Waals surface area contributed by atoms with Crippen molar-refractivity contribution < 1.29 is 9.59 Å². The van der Waals surface area contributed by atoms with Gasteiger partial charge in [0.15, 0.2) is 11.5 Å². The summed E-state index contributed by atoms with van der Waals surface area (Å²) in [7, 11) is 0. The summed E-state index contributed by atoms with van der Waals surface area (Å²) >= 11 is 0. The van der Waals surface area contributed by atoms with Gasteiger partial charge in [-0.25, -0.2) is 15.0 Å². The smallest absolute Gasteiger partial charge is 0.262 e.